The van der Waals surface area contributed by atoms with E-state index in [1.165, 1.54) is 0 Å². The van der Waals surface area contributed by atoms with Crippen LogP contribution in [-0.4, -0.2) is 24.0 Å². The van der Waals surface area contributed by atoms with Gasteiger partial charge in [-0.1, -0.05) is 41.9 Å². The van der Waals surface area contributed by atoms with Gasteiger partial charge in [-0.3, -0.25) is 4.79 Å². The van der Waals surface area contributed by atoms with E-state index in [1.54, 1.807) is 23.9 Å². The molecule has 2 rings (SSSR count). The Morgan fingerprint density at radius 2 is 1.87 bits per heavy atom. The molecule has 1 amide bonds. The van der Waals surface area contributed by atoms with Crippen LogP contribution in [0, 0.1) is 0 Å². The fourth-order valence-corrected chi connectivity index (χ4v) is 2.76. The summed E-state index contributed by atoms with van der Waals surface area (Å²) in [6.07, 6.45) is 0. The minimum Gasteiger partial charge on any atom is -0.493 e. The van der Waals surface area contributed by atoms with Crippen LogP contribution in [0.1, 0.15) is 18.5 Å². The molecule has 0 bridgehead atoms. The van der Waals surface area contributed by atoms with Crippen LogP contribution in [0.3, 0.4) is 0 Å². The number of amides is 1. The molecule has 0 aliphatic heterocycles. The summed E-state index contributed by atoms with van der Waals surface area (Å²) in [4.78, 5) is 11.9. The molecule has 23 heavy (non-hydrogen) atoms. The van der Waals surface area contributed by atoms with Gasteiger partial charge in [0.05, 0.1) is 18.4 Å². The maximum Gasteiger partial charge on any atom is 0.230 e. The molecule has 0 radical (unpaired) electrons. The number of ether oxygens (including phenoxy) is 1. The third kappa shape index (κ3) is 6.55. The molecule has 0 aliphatic rings. The van der Waals surface area contributed by atoms with Crippen LogP contribution in [0.2, 0.25) is 5.02 Å². The van der Waals surface area contributed by atoms with E-state index in [-0.39, 0.29) is 11.9 Å². The molecular weight excluding hydrogens is 330 g/mol. The molecule has 2 aromatic rings. The first-order valence-corrected chi connectivity index (χ1v) is 8.99. The van der Waals surface area contributed by atoms with Crippen LogP contribution in [0.15, 0.2) is 54.6 Å². The van der Waals surface area contributed by atoms with E-state index < -0.39 is 0 Å². The van der Waals surface area contributed by atoms with E-state index in [9.17, 15) is 4.79 Å². The summed E-state index contributed by atoms with van der Waals surface area (Å²) < 4.78 is 5.58. The van der Waals surface area contributed by atoms with Gasteiger partial charge < -0.3 is 10.1 Å². The third-order valence-electron chi connectivity index (χ3n) is 3.22. The lowest BCUT2D eigenvalue weighted by Crippen LogP contribution is -2.28. The Morgan fingerprint density at radius 1 is 1.17 bits per heavy atom. The second-order valence-electron chi connectivity index (χ2n) is 5.05. The van der Waals surface area contributed by atoms with Gasteiger partial charge in [-0.05, 0) is 36.8 Å². The van der Waals surface area contributed by atoms with E-state index in [2.05, 4.69) is 5.32 Å². The average molecular weight is 350 g/mol. The Bertz CT molecular complexity index is 604. The summed E-state index contributed by atoms with van der Waals surface area (Å²) in [5.74, 6) is 2.02. The zero-order valence-electron chi connectivity index (χ0n) is 13.0. The van der Waals surface area contributed by atoms with Crippen molar-refractivity contribution in [3.8, 4) is 5.75 Å². The van der Waals surface area contributed by atoms with Crippen LogP contribution in [0.4, 0.5) is 0 Å². The molecule has 1 N–H and O–H groups in total. The van der Waals surface area contributed by atoms with Crippen LogP contribution < -0.4 is 10.1 Å². The molecule has 0 saturated heterocycles. The summed E-state index contributed by atoms with van der Waals surface area (Å²) in [5, 5.41) is 3.69. The Morgan fingerprint density at radius 3 is 2.57 bits per heavy atom. The Kier molecular flexibility index (Phi) is 7.30. The highest BCUT2D eigenvalue weighted by Crippen LogP contribution is 2.16. The highest BCUT2D eigenvalue weighted by Gasteiger charge is 2.08. The van der Waals surface area contributed by atoms with Gasteiger partial charge in [-0.25, -0.2) is 0 Å². The standard InChI is InChI=1S/C18H20ClNO2S/c1-14(15-5-3-2-4-6-15)20-18(21)13-23-12-11-22-17-9-7-16(19)8-10-17/h2-10,14H,11-13H2,1H3,(H,20,21)/t14-/m1/s1. The lowest BCUT2D eigenvalue weighted by molar-refractivity contribution is -0.119. The summed E-state index contributed by atoms with van der Waals surface area (Å²) in [7, 11) is 0. The summed E-state index contributed by atoms with van der Waals surface area (Å²) in [5.41, 5.74) is 1.11. The number of hydrogen-bond acceptors (Lipinski definition) is 3. The molecule has 0 aromatic heterocycles. The number of hydrogen-bond donors (Lipinski definition) is 1. The number of carbonyl (C=O) groups is 1. The summed E-state index contributed by atoms with van der Waals surface area (Å²) in [6, 6.07) is 17.2. The van der Waals surface area contributed by atoms with E-state index in [0.717, 1.165) is 17.1 Å². The fraction of sp³-hybridized carbons (Fsp3) is 0.278. The smallest absolute Gasteiger partial charge is 0.230 e. The fourth-order valence-electron chi connectivity index (χ4n) is 2.02. The zero-order valence-corrected chi connectivity index (χ0v) is 14.6. The molecule has 1 atom stereocenters. The molecule has 5 heteroatoms. The van der Waals surface area contributed by atoms with E-state index in [0.29, 0.717) is 17.4 Å². The van der Waals surface area contributed by atoms with Crippen molar-refractivity contribution >= 4 is 29.3 Å². The van der Waals surface area contributed by atoms with E-state index in [4.69, 9.17) is 16.3 Å². The third-order valence-corrected chi connectivity index (χ3v) is 4.39. The van der Waals surface area contributed by atoms with Crippen molar-refractivity contribution in [2.75, 3.05) is 18.1 Å². The molecule has 0 saturated carbocycles. The molecule has 2 aromatic carbocycles. The van der Waals surface area contributed by atoms with Crippen molar-refractivity contribution in [1.29, 1.82) is 0 Å². The molecule has 3 nitrogen and oxygen atoms in total. The van der Waals surface area contributed by atoms with Crippen molar-refractivity contribution < 1.29 is 9.53 Å². The number of nitrogens with one attached hydrogen (secondary N) is 1. The van der Waals surface area contributed by atoms with Gasteiger partial charge in [0.25, 0.3) is 0 Å². The first kappa shape index (κ1) is 17.7. The lowest BCUT2D eigenvalue weighted by atomic mass is 10.1. The number of halogens is 1. The first-order chi connectivity index (χ1) is 11.1. The number of rotatable bonds is 8. The van der Waals surface area contributed by atoms with Gasteiger partial charge in [0.1, 0.15) is 5.75 Å². The largest absolute Gasteiger partial charge is 0.493 e. The highest BCUT2D eigenvalue weighted by molar-refractivity contribution is 7.99. The normalized spacial score (nSPS) is 11.7. The maximum absolute atomic E-state index is 11.9. The Labute approximate surface area is 146 Å². The number of thioether (sulfide) groups is 1. The second kappa shape index (κ2) is 9.48. The van der Waals surface area contributed by atoms with E-state index in [1.807, 2.05) is 49.4 Å². The van der Waals surface area contributed by atoms with Gasteiger partial charge >= 0.3 is 0 Å². The molecule has 0 unspecified atom stereocenters. The number of benzene rings is 2. The number of carbonyl (C=O) groups excluding carboxylic acids is 1. The van der Waals surface area contributed by atoms with Crippen molar-refractivity contribution in [2.45, 2.75) is 13.0 Å². The topological polar surface area (TPSA) is 38.3 Å². The predicted molar refractivity (Wildman–Crippen MR) is 97.3 cm³/mol. The summed E-state index contributed by atoms with van der Waals surface area (Å²) >= 11 is 7.37. The van der Waals surface area contributed by atoms with Crippen molar-refractivity contribution in [3.05, 3.63) is 65.2 Å². The van der Waals surface area contributed by atoms with Crippen LogP contribution in [0.5, 0.6) is 5.75 Å². The zero-order chi connectivity index (χ0) is 16.5. The second-order valence-corrected chi connectivity index (χ2v) is 6.60. The SMILES string of the molecule is C[C@@H](NC(=O)CSCCOc1ccc(Cl)cc1)c1ccccc1. The monoisotopic (exact) mass is 349 g/mol. The van der Waals surface area contributed by atoms with Gasteiger partial charge in [-0.2, -0.15) is 0 Å². The van der Waals surface area contributed by atoms with Gasteiger partial charge in [0, 0.05) is 10.8 Å². The Hall–Kier alpha value is -1.65. The lowest BCUT2D eigenvalue weighted by Gasteiger charge is -2.14. The minimum absolute atomic E-state index is 0.0228. The molecule has 0 heterocycles. The minimum atomic E-state index is 0.0228. The van der Waals surface area contributed by atoms with Crippen LogP contribution >= 0.6 is 23.4 Å². The van der Waals surface area contributed by atoms with Gasteiger partial charge in [0.2, 0.25) is 5.91 Å². The first-order valence-electron chi connectivity index (χ1n) is 7.45. The summed E-state index contributed by atoms with van der Waals surface area (Å²) in [6.45, 7) is 2.55. The van der Waals surface area contributed by atoms with Crippen molar-refractivity contribution in [2.24, 2.45) is 0 Å². The molecule has 122 valence electrons. The van der Waals surface area contributed by atoms with E-state index >= 15 is 0 Å². The van der Waals surface area contributed by atoms with Crippen molar-refractivity contribution in [3.63, 3.8) is 0 Å². The molecular formula is C18H20ClNO2S. The van der Waals surface area contributed by atoms with Crippen LogP contribution in [0.25, 0.3) is 0 Å². The maximum atomic E-state index is 11.9. The molecule has 0 spiro atoms. The predicted octanol–water partition coefficient (Wildman–Crippen LogP) is 4.33. The van der Waals surface area contributed by atoms with Crippen molar-refractivity contribution in [1.82, 2.24) is 5.32 Å². The highest BCUT2D eigenvalue weighted by atomic mass is 35.5. The quantitative estimate of drug-likeness (QED) is 0.721. The molecule has 0 aliphatic carbocycles. The molecule has 0 fully saturated rings. The van der Waals surface area contributed by atoms with Crippen LogP contribution in [-0.2, 0) is 4.79 Å². The Balaban J connectivity index is 1.60. The average Bonchev–Trinajstić information content (AvgIpc) is 2.57. The van der Waals surface area contributed by atoms with Gasteiger partial charge in [-0.15, -0.1) is 11.8 Å². The van der Waals surface area contributed by atoms with Gasteiger partial charge in [0.15, 0.2) is 0 Å².